The van der Waals surface area contributed by atoms with Crippen LogP contribution in [0.4, 0.5) is 0 Å². The monoisotopic (exact) mass is 302 g/mol. The molecule has 0 bridgehead atoms. The van der Waals surface area contributed by atoms with Crippen molar-refractivity contribution in [3.8, 4) is 34.0 Å². The Bertz CT molecular complexity index is 1010. The van der Waals surface area contributed by atoms with Gasteiger partial charge < -0.3 is 15.2 Å². The van der Waals surface area contributed by atoms with E-state index in [-0.39, 0.29) is 11.5 Å². The Morgan fingerprint density at radius 3 is 1.96 bits per heavy atom. The van der Waals surface area contributed by atoms with Crippen molar-refractivity contribution in [3.05, 3.63) is 66.7 Å². The predicted molar refractivity (Wildman–Crippen MR) is 90.3 cm³/mol. The molecule has 0 spiro atoms. The van der Waals surface area contributed by atoms with E-state index >= 15 is 0 Å². The number of fused-ring (bicyclic) bond motifs is 1. The number of H-pyrrole nitrogens is 1. The molecule has 4 rings (SSSR count). The number of para-hydroxylation sites is 3. The van der Waals surface area contributed by atoms with Crippen LogP contribution in [0, 0.1) is 0 Å². The van der Waals surface area contributed by atoms with Crippen LogP contribution in [0.2, 0.25) is 0 Å². The second-order valence-electron chi connectivity index (χ2n) is 5.32. The maximum Gasteiger partial charge on any atom is 0.142 e. The van der Waals surface area contributed by atoms with Crippen LogP contribution >= 0.6 is 0 Å². The second-order valence-corrected chi connectivity index (χ2v) is 5.32. The summed E-state index contributed by atoms with van der Waals surface area (Å²) in [5, 5.41) is 20.1. The Morgan fingerprint density at radius 2 is 1.26 bits per heavy atom. The largest absolute Gasteiger partial charge is 0.507 e. The zero-order valence-electron chi connectivity index (χ0n) is 12.2. The summed E-state index contributed by atoms with van der Waals surface area (Å²) < 4.78 is 0. The third kappa shape index (κ3) is 2.21. The van der Waals surface area contributed by atoms with E-state index in [1.807, 2.05) is 42.5 Å². The summed E-state index contributed by atoms with van der Waals surface area (Å²) in [7, 11) is 0. The van der Waals surface area contributed by atoms with Gasteiger partial charge >= 0.3 is 0 Å². The lowest BCUT2D eigenvalue weighted by Gasteiger charge is -2.04. The molecule has 0 amide bonds. The standard InChI is InChI=1S/C19H14N2O2/c22-16-10-3-1-6-12(16)13-8-5-9-15-18(13)21-19(20-15)14-7-2-4-11-17(14)23/h1-11,22-23H,(H,20,21). The number of benzene rings is 3. The molecule has 23 heavy (non-hydrogen) atoms. The van der Waals surface area contributed by atoms with Crippen molar-refractivity contribution in [1.29, 1.82) is 0 Å². The van der Waals surface area contributed by atoms with Gasteiger partial charge in [-0.1, -0.05) is 42.5 Å². The highest BCUT2D eigenvalue weighted by atomic mass is 16.3. The van der Waals surface area contributed by atoms with Crippen LogP contribution in [0.1, 0.15) is 0 Å². The minimum Gasteiger partial charge on any atom is -0.507 e. The van der Waals surface area contributed by atoms with E-state index in [1.165, 1.54) is 0 Å². The SMILES string of the molecule is Oc1ccccc1-c1nc2c(-c3ccccc3O)cccc2[nH]1. The Hall–Kier alpha value is -3.27. The average molecular weight is 302 g/mol. The van der Waals surface area contributed by atoms with Crippen LogP contribution in [0.15, 0.2) is 66.7 Å². The summed E-state index contributed by atoms with van der Waals surface area (Å²) >= 11 is 0. The van der Waals surface area contributed by atoms with Crippen LogP contribution in [-0.2, 0) is 0 Å². The summed E-state index contributed by atoms with van der Waals surface area (Å²) in [5.41, 5.74) is 3.83. The molecule has 0 aliphatic carbocycles. The average Bonchev–Trinajstić information content (AvgIpc) is 3.00. The van der Waals surface area contributed by atoms with Gasteiger partial charge in [-0.3, -0.25) is 0 Å². The molecule has 0 fully saturated rings. The van der Waals surface area contributed by atoms with Gasteiger partial charge in [0.15, 0.2) is 0 Å². The number of rotatable bonds is 2. The van der Waals surface area contributed by atoms with Gasteiger partial charge in [-0.05, 0) is 24.3 Å². The number of nitrogens with one attached hydrogen (secondary N) is 1. The molecule has 3 N–H and O–H groups in total. The first kappa shape index (κ1) is 13.4. The first-order chi connectivity index (χ1) is 11.2. The van der Waals surface area contributed by atoms with Crippen molar-refractivity contribution in [3.63, 3.8) is 0 Å². The van der Waals surface area contributed by atoms with E-state index in [9.17, 15) is 10.2 Å². The van der Waals surface area contributed by atoms with Gasteiger partial charge in [0.05, 0.1) is 16.6 Å². The van der Waals surface area contributed by atoms with E-state index in [4.69, 9.17) is 0 Å². The number of hydrogen-bond acceptors (Lipinski definition) is 3. The number of phenolic OH excluding ortho intramolecular Hbond substituents is 2. The van der Waals surface area contributed by atoms with Crippen molar-refractivity contribution in [1.82, 2.24) is 9.97 Å². The van der Waals surface area contributed by atoms with E-state index in [0.717, 1.165) is 22.2 Å². The van der Waals surface area contributed by atoms with Crippen LogP contribution in [0.25, 0.3) is 33.5 Å². The number of aromatic nitrogens is 2. The highest BCUT2D eigenvalue weighted by molar-refractivity contribution is 5.95. The van der Waals surface area contributed by atoms with E-state index in [0.29, 0.717) is 11.4 Å². The Balaban J connectivity index is 1.96. The number of hydrogen-bond donors (Lipinski definition) is 3. The zero-order valence-corrected chi connectivity index (χ0v) is 12.2. The van der Waals surface area contributed by atoms with Crippen LogP contribution < -0.4 is 0 Å². The van der Waals surface area contributed by atoms with Gasteiger partial charge in [-0.15, -0.1) is 0 Å². The maximum atomic E-state index is 10.1. The van der Waals surface area contributed by atoms with Crippen molar-refractivity contribution < 1.29 is 10.2 Å². The third-order valence-corrected chi connectivity index (χ3v) is 3.87. The lowest BCUT2D eigenvalue weighted by Crippen LogP contribution is -1.82. The Morgan fingerprint density at radius 1 is 0.652 bits per heavy atom. The molecule has 1 heterocycles. The number of nitrogens with zero attached hydrogens (tertiary/aromatic N) is 1. The first-order valence-corrected chi connectivity index (χ1v) is 7.29. The molecule has 0 unspecified atom stereocenters. The van der Waals surface area contributed by atoms with Gasteiger partial charge in [-0.25, -0.2) is 4.98 Å². The van der Waals surface area contributed by atoms with Gasteiger partial charge in [0, 0.05) is 11.1 Å². The molecule has 0 radical (unpaired) electrons. The highest BCUT2D eigenvalue weighted by Gasteiger charge is 2.13. The van der Waals surface area contributed by atoms with Gasteiger partial charge in [0.25, 0.3) is 0 Å². The van der Waals surface area contributed by atoms with Crippen molar-refractivity contribution in [2.75, 3.05) is 0 Å². The molecule has 4 aromatic rings. The molecule has 3 aromatic carbocycles. The fourth-order valence-corrected chi connectivity index (χ4v) is 2.75. The highest BCUT2D eigenvalue weighted by Crippen LogP contribution is 2.35. The van der Waals surface area contributed by atoms with Crippen molar-refractivity contribution in [2.24, 2.45) is 0 Å². The zero-order chi connectivity index (χ0) is 15.8. The molecular formula is C19H14N2O2. The van der Waals surface area contributed by atoms with Crippen molar-refractivity contribution in [2.45, 2.75) is 0 Å². The van der Waals surface area contributed by atoms with E-state index < -0.39 is 0 Å². The molecule has 4 nitrogen and oxygen atoms in total. The minimum absolute atomic E-state index is 0.177. The normalized spacial score (nSPS) is 11.0. The lowest BCUT2D eigenvalue weighted by molar-refractivity contribution is 0.476. The third-order valence-electron chi connectivity index (χ3n) is 3.87. The minimum atomic E-state index is 0.177. The molecule has 4 heteroatoms. The van der Waals surface area contributed by atoms with Crippen LogP contribution in [0.3, 0.4) is 0 Å². The Labute approximate surface area is 132 Å². The van der Waals surface area contributed by atoms with Crippen molar-refractivity contribution >= 4 is 11.0 Å². The molecule has 1 aromatic heterocycles. The lowest BCUT2D eigenvalue weighted by atomic mass is 10.0. The summed E-state index contributed by atoms with van der Waals surface area (Å²) in [5.74, 6) is 0.990. The topological polar surface area (TPSA) is 69.1 Å². The van der Waals surface area contributed by atoms with E-state index in [1.54, 1.807) is 24.3 Å². The number of phenols is 2. The number of aromatic hydroxyl groups is 2. The van der Waals surface area contributed by atoms with Gasteiger partial charge in [-0.2, -0.15) is 0 Å². The molecule has 0 aliphatic rings. The number of aromatic amines is 1. The molecule has 112 valence electrons. The van der Waals surface area contributed by atoms with Gasteiger partial charge in [0.1, 0.15) is 17.3 Å². The summed E-state index contributed by atoms with van der Waals surface area (Å²) in [6, 6.07) is 20.0. The van der Waals surface area contributed by atoms with Crippen LogP contribution in [-0.4, -0.2) is 20.2 Å². The second kappa shape index (κ2) is 5.18. The predicted octanol–water partition coefficient (Wildman–Crippen LogP) is 4.31. The smallest absolute Gasteiger partial charge is 0.142 e. The summed E-state index contributed by atoms with van der Waals surface area (Å²) in [4.78, 5) is 7.86. The fraction of sp³-hybridized carbons (Fsp3) is 0. The van der Waals surface area contributed by atoms with Gasteiger partial charge in [0.2, 0.25) is 0 Å². The molecule has 0 saturated heterocycles. The van der Waals surface area contributed by atoms with Crippen LogP contribution in [0.5, 0.6) is 11.5 Å². The quantitative estimate of drug-likeness (QED) is 0.517. The molecule has 0 aliphatic heterocycles. The maximum absolute atomic E-state index is 10.1. The molecule has 0 atom stereocenters. The first-order valence-electron chi connectivity index (χ1n) is 7.29. The number of imidazole rings is 1. The Kier molecular flexibility index (Phi) is 3.01. The molecular weight excluding hydrogens is 288 g/mol. The van der Waals surface area contributed by atoms with E-state index in [2.05, 4.69) is 9.97 Å². The fourth-order valence-electron chi connectivity index (χ4n) is 2.75. The molecule has 0 saturated carbocycles. The summed E-state index contributed by atoms with van der Waals surface area (Å²) in [6.45, 7) is 0. The summed E-state index contributed by atoms with van der Waals surface area (Å²) in [6.07, 6.45) is 0.